The molecule has 1 saturated heterocycles. The Labute approximate surface area is 92.8 Å². The molecule has 0 amide bonds. The summed E-state index contributed by atoms with van der Waals surface area (Å²) in [5, 5.41) is 3.58. The lowest BCUT2D eigenvalue weighted by Crippen LogP contribution is -2.43. The van der Waals surface area contributed by atoms with Crippen molar-refractivity contribution in [2.75, 3.05) is 6.61 Å². The highest BCUT2D eigenvalue weighted by Gasteiger charge is 2.29. The van der Waals surface area contributed by atoms with Gasteiger partial charge in [-0.05, 0) is 38.0 Å². The number of rotatable bonds is 3. The topological polar surface area (TPSA) is 21.3 Å². The number of ether oxygens (including phenoxy) is 1. The van der Waals surface area contributed by atoms with Crippen LogP contribution in [0.25, 0.3) is 0 Å². The highest BCUT2D eigenvalue weighted by atomic mass is 16.5. The van der Waals surface area contributed by atoms with Gasteiger partial charge in [-0.1, -0.05) is 12.8 Å². The third-order valence-corrected chi connectivity index (χ3v) is 3.63. The van der Waals surface area contributed by atoms with E-state index in [0.29, 0.717) is 6.04 Å². The summed E-state index contributed by atoms with van der Waals surface area (Å²) < 4.78 is 5.64. The maximum atomic E-state index is 5.64. The number of terminal acetylenes is 1. The molecule has 4 atom stereocenters. The lowest BCUT2D eigenvalue weighted by atomic mass is 10.1. The molecule has 0 aromatic carbocycles. The van der Waals surface area contributed by atoms with Crippen LogP contribution < -0.4 is 5.32 Å². The van der Waals surface area contributed by atoms with E-state index < -0.39 is 0 Å². The highest BCUT2D eigenvalue weighted by Crippen LogP contribution is 2.26. The zero-order valence-electron chi connectivity index (χ0n) is 9.54. The first-order valence-corrected chi connectivity index (χ1v) is 6.13. The van der Waals surface area contributed by atoms with Crippen LogP contribution in [0.3, 0.4) is 0 Å². The van der Waals surface area contributed by atoms with Gasteiger partial charge in [-0.25, -0.2) is 0 Å². The van der Waals surface area contributed by atoms with Crippen LogP contribution in [0.5, 0.6) is 0 Å². The van der Waals surface area contributed by atoms with Gasteiger partial charge in [-0.3, -0.25) is 5.32 Å². The molecule has 84 valence electrons. The van der Waals surface area contributed by atoms with Gasteiger partial charge < -0.3 is 4.74 Å². The van der Waals surface area contributed by atoms with Crippen molar-refractivity contribution in [3.63, 3.8) is 0 Å². The van der Waals surface area contributed by atoms with Crippen molar-refractivity contribution in [2.24, 2.45) is 5.92 Å². The molecule has 1 N–H and O–H groups in total. The zero-order valence-corrected chi connectivity index (χ0v) is 9.54. The molecule has 2 rings (SSSR count). The van der Waals surface area contributed by atoms with Crippen LogP contribution in [-0.4, -0.2) is 24.8 Å². The summed E-state index contributed by atoms with van der Waals surface area (Å²) in [6.45, 7) is 3.20. The van der Waals surface area contributed by atoms with Crippen LogP contribution in [-0.2, 0) is 4.74 Å². The average molecular weight is 207 g/mol. The molecule has 1 heterocycles. The fraction of sp³-hybridized carbons (Fsp3) is 0.846. The lowest BCUT2D eigenvalue weighted by molar-refractivity contribution is 0.0903. The molecule has 1 saturated carbocycles. The van der Waals surface area contributed by atoms with Crippen LogP contribution in [0.2, 0.25) is 0 Å². The van der Waals surface area contributed by atoms with Crippen molar-refractivity contribution < 1.29 is 4.74 Å². The summed E-state index contributed by atoms with van der Waals surface area (Å²) in [5.74, 6) is 3.70. The standard InChI is InChI=1S/C13H21NO/c1-3-12(13-5-4-8-15-13)14-11-7-6-10(2)9-11/h1,10-14H,4-9H2,2H3/t10-,11+,12-,13-/m0/s1. The van der Waals surface area contributed by atoms with Crippen molar-refractivity contribution in [2.45, 2.75) is 57.2 Å². The van der Waals surface area contributed by atoms with Crippen LogP contribution in [0, 0.1) is 18.3 Å². The summed E-state index contributed by atoms with van der Waals surface area (Å²) in [4.78, 5) is 0. The molecule has 0 aromatic heterocycles. The van der Waals surface area contributed by atoms with Crippen molar-refractivity contribution in [3.05, 3.63) is 0 Å². The van der Waals surface area contributed by atoms with Crippen LogP contribution in [0.1, 0.15) is 39.0 Å². The minimum Gasteiger partial charge on any atom is -0.376 e. The molecule has 15 heavy (non-hydrogen) atoms. The molecule has 2 heteroatoms. The fourth-order valence-electron chi connectivity index (χ4n) is 2.74. The van der Waals surface area contributed by atoms with Crippen molar-refractivity contribution in [1.82, 2.24) is 5.32 Å². The minimum atomic E-state index is 0.128. The van der Waals surface area contributed by atoms with Gasteiger partial charge >= 0.3 is 0 Å². The second-order valence-corrected chi connectivity index (χ2v) is 4.98. The van der Waals surface area contributed by atoms with Crippen LogP contribution in [0.15, 0.2) is 0 Å². The number of nitrogens with one attached hydrogen (secondary N) is 1. The smallest absolute Gasteiger partial charge is 0.0954 e. The first-order chi connectivity index (χ1) is 7.29. The molecule has 0 spiro atoms. The number of hydrogen-bond donors (Lipinski definition) is 1. The van der Waals surface area contributed by atoms with Gasteiger partial charge in [-0.2, -0.15) is 0 Å². The Balaban J connectivity index is 1.83. The second-order valence-electron chi connectivity index (χ2n) is 4.98. The van der Waals surface area contributed by atoms with Gasteiger partial charge in [-0.15, -0.1) is 6.42 Å². The lowest BCUT2D eigenvalue weighted by Gasteiger charge is -2.23. The first kappa shape index (κ1) is 11.0. The molecule has 0 bridgehead atoms. The Morgan fingerprint density at radius 1 is 1.40 bits per heavy atom. The Morgan fingerprint density at radius 3 is 2.80 bits per heavy atom. The molecule has 2 fully saturated rings. The monoisotopic (exact) mass is 207 g/mol. The quantitative estimate of drug-likeness (QED) is 0.714. The molecule has 0 radical (unpaired) electrons. The minimum absolute atomic E-state index is 0.128. The molecule has 2 aliphatic rings. The van der Waals surface area contributed by atoms with Gasteiger partial charge in [0.2, 0.25) is 0 Å². The van der Waals surface area contributed by atoms with E-state index in [1.807, 2.05) is 0 Å². The van der Waals surface area contributed by atoms with E-state index in [0.717, 1.165) is 25.4 Å². The van der Waals surface area contributed by atoms with E-state index in [2.05, 4.69) is 18.2 Å². The third kappa shape index (κ3) is 2.74. The molecule has 1 aliphatic carbocycles. The second kappa shape index (κ2) is 5.01. The van der Waals surface area contributed by atoms with Gasteiger partial charge in [0.15, 0.2) is 0 Å². The van der Waals surface area contributed by atoms with E-state index in [4.69, 9.17) is 11.2 Å². The van der Waals surface area contributed by atoms with Gasteiger partial charge in [0, 0.05) is 12.6 Å². The predicted molar refractivity (Wildman–Crippen MR) is 61.5 cm³/mol. The van der Waals surface area contributed by atoms with E-state index in [-0.39, 0.29) is 12.1 Å². The fourth-order valence-corrected chi connectivity index (χ4v) is 2.74. The Bertz CT molecular complexity index is 239. The molecular weight excluding hydrogens is 186 g/mol. The normalized spacial score (nSPS) is 37.7. The molecule has 0 unspecified atom stereocenters. The predicted octanol–water partition coefficient (Wildman–Crippen LogP) is 1.95. The summed E-state index contributed by atoms with van der Waals surface area (Å²) in [7, 11) is 0. The van der Waals surface area contributed by atoms with Gasteiger partial charge in [0.25, 0.3) is 0 Å². The maximum absolute atomic E-state index is 5.64. The number of hydrogen-bond acceptors (Lipinski definition) is 2. The first-order valence-electron chi connectivity index (χ1n) is 6.13. The summed E-state index contributed by atoms with van der Waals surface area (Å²) in [6, 6.07) is 0.744. The van der Waals surface area contributed by atoms with Gasteiger partial charge in [0.1, 0.15) is 0 Å². The SMILES string of the molecule is C#C[C@H](N[C@@H]1CC[C@H](C)C1)[C@@H]1CCCO1. The summed E-state index contributed by atoms with van der Waals surface area (Å²) in [6.07, 6.45) is 12.0. The van der Waals surface area contributed by atoms with Gasteiger partial charge in [0.05, 0.1) is 12.1 Å². The Morgan fingerprint density at radius 2 is 2.27 bits per heavy atom. The van der Waals surface area contributed by atoms with E-state index in [1.54, 1.807) is 0 Å². The van der Waals surface area contributed by atoms with Crippen LogP contribution in [0.4, 0.5) is 0 Å². The average Bonchev–Trinajstić information content (AvgIpc) is 2.85. The van der Waals surface area contributed by atoms with Crippen molar-refractivity contribution in [1.29, 1.82) is 0 Å². The molecule has 2 nitrogen and oxygen atoms in total. The van der Waals surface area contributed by atoms with Crippen molar-refractivity contribution in [3.8, 4) is 12.3 Å². The van der Waals surface area contributed by atoms with E-state index in [9.17, 15) is 0 Å². The van der Waals surface area contributed by atoms with Crippen LogP contribution >= 0.6 is 0 Å². The molecule has 1 aliphatic heterocycles. The third-order valence-electron chi connectivity index (χ3n) is 3.63. The van der Waals surface area contributed by atoms with Crippen molar-refractivity contribution >= 4 is 0 Å². The van der Waals surface area contributed by atoms with E-state index in [1.165, 1.54) is 19.3 Å². The largest absolute Gasteiger partial charge is 0.376 e. The summed E-state index contributed by atoms with van der Waals surface area (Å²) in [5.41, 5.74) is 0. The molecular formula is C13H21NO. The zero-order chi connectivity index (χ0) is 10.7. The molecule has 0 aromatic rings. The summed E-state index contributed by atoms with van der Waals surface area (Å²) >= 11 is 0. The highest BCUT2D eigenvalue weighted by molar-refractivity contribution is 5.05. The Hall–Kier alpha value is -0.520. The van der Waals surface area contributed by atoms with E-state index >= 15 is 0 Å². The maximum Gasteiger partial charge on any atom is 0.0954 e. The Kier molecular flexibility index (Phi) is 3.66.